The minimum Gasteiger partial charge on any atom is -0.379 e. The molecule has 0 amide bonds. The van der Waals surface area contributed by atoms with Crippen LogP contribution in [0.3, 0.4) is 0 Å². The average Bonchev–Trinajstić information content (AvgIpc) is 2.47. The number of rotatable bonds is 6. The second-order valence-electron chi connectivity index (χ2n) is 4.78. The van der Waals surface area contributed by atoms with Gasteiger partial charge < -0.3 is 10.1 Å². The van der Waals surface area contributed by atoms with Crippen LogP contribution in [-0.2, 0) is 4.74 Å². The van der Waals surface area contributed by atoms with Crippen LogP contribution in [0.2, 0.25) is 0 Å². The van der Waals surface area contributed by atoms with E-state index in [9.17, 15) is 0 Å². The molecule has 2 aromatic rings. The first-order chi connectivity index (χ1) is 9.30. The molecular weight excluding hydrogens is 236 g/mol. The van der Waals surface area contributed by atoms with Crippen LogP contribution in [0.1, 0.15) is 31.4 Å². The summed E-state index contributed by atoms with van der Waals surface area (Å²) in [4.78, 5) is 4.42. The quantitative estimate of drug-likeness (QED) is 0.863. The third-order valence-electron chi connectivity index (χ3n) is 3.55. The van der Waals surface area contributed by atoms with Gasteiger partial charge in [-0.05, 0) is 31.2 Å². The van der Waals surface area contributed by atoms with Gasteiger partial charge in [-0.15, -0.1) is 0 Å². The first kappa shape index (κ1) is 14.0. The van der Waals surface area contributed by atoms with E-state index in [2.05, 4.69) is 41.5 Å². The second-order valence-corrected chi connectivity index (χ2v) is 4.78. The lowest BCUT2D eigenvalue weighted by Gasteiger charge is -2.26. The molecule has 0 aliphatic rings. The van der Waals surface area contributed by atoms with Crippen molar-refractivity contribution in [2.24, 2.45) is 0 Å². The van der Waals surface area contributed by atoms with Gasteiger partial charge in [0, 0.05) is 18.7 Å². The van der Waals surface area contributed by atoms with Gasteiger partial charge in [-0.25, -0.2) is 0 Å². The van der Waals surface area contributed by atoms with Crippen molar-refractivity contribution in [3.05, 3.63) is 42.1 Å². The summed E-state index contributed by atoms with van der Waals surface area (Å²) in [5.41, 5.74) is 2.26. The molecule has 1 N–H and O–H groups in total. The Hall–Kier alpha value is -1.45. The Bertz CT molecular complexity index is 527. The fourth-order valence-corrected chi connectivity index (χ4v) is 2.55. The van der Waals surface area contributed by atoms with Gasteiger partial charge in [0.2, 0.25) is 0 Å². The first-order valence-electron chi connectivity index (χ1n) is 6.85. The van der Waals surface area contributed by atoms with Crippen molar-refractivity contribution in [3.8, 4) is 0 Å². The van der Waals surface area contributed by atoms with Gasteiger partial charge in [-0.3, -0.25) is 4.98 Å². The molecule has 0 radical (unpaired) electrons. The van der Waals surface area contributed by atoms with Crippen LogP contribution in [0.25, 0.3) is 10.9 Å². The molecule has 0 aliphatic heterocycles. The van der Waals surface area contributed by atoms with E-state index in [4.69, 9.17) is 4.74 Å². The number of ether oxygens (including phenoxy) is 1. The maximum atomic E-state index is 5.63. The molecular formula is C16H22N2O. The second kappa shape index (κ2) is 6.64. The first-order valence-corrected chi connectivity index (χ1v) is 6.85. The van der Waals surface area contributed by atoms with Gasteiger partial charge in [0.05, 0.1) is 17.7 Å². The summed E-state index contributed by atoms with van der Waals surface area (Å²) in [5.74, 6) is 0. The van der Waals surface area contributed by atoms with E-state index in [1.54, 1.807) is 7.11 Å². The molecule has 1 aromatic carbocycles. The highest BCUT2D eigenvalue weighted by Crippen LogP contribution is 2.24. The summed E-state index contributed by atoms with van der Waals surface area (Å²) in [6.07, 6.45) is 4.18. The lowest BCUT2D eigenvalue weighted by Crippen LogP contribution is -2.30. The Balaban J connectivity index is 2.34. The maximum Gasteiger partial charge on any atom is 0.0765 e. The number of aromatic nitrogens is 1. The van der Waals surface area contributed by atoms with Crippen molar-refractivity contribution in [3.63, 3.8) is 0 Å². The molecule has 3 heteroatoms. The van der Waals surface area contributed by atoms with Crippen molar-refractivity contribution < 1.29 is 4.74 Å². The molecule has 0 spiro atoms. The standard InChI is InChI=1S/C16H22N2O/c1-4-6-15(19-3)16(17-2)13-9-8-12-7-5-10-18-14(12)11-13/h5,7-11,15-17H,4,6H2,1-3H3. The Kier molecular flexibility index (Phi) is 4.88. The monoisotopic (exact) mass is 258 g/mol. The zero-order valence-electron chi connectivity index (χ0n) is 11.9. The Morgan fingerprint density at radius 1 is 1.32 bits per heavy atom. The van der Waals surface area contributed by atoms with Crippen molar-refractivity contribution in [1.29, 1.82) is 0 Å². The molecule has 1 aromatic heterocycles. The Morgan fingerprint density at radius 2 is 2.16 bits per heavy atom. The lowest BCUT2D eigenvalue weighted by molar-refractivity contribution is 0.0631. The number of fused-ring (bicyclic) bond motifs is 1. The van der Waals surface area contributed by atoms with Crippen LogP contribution in [0.5, 0.6) is 0 Å². The molecule has 2 atom stereocenters. The maximum absolute atomic E-state index is 5.63. The Labute approximate surface area is 115 Å². The largest absolute Gasteiger partial charge is 0.379 e. The molecule has 0 saturated heterocycles. The smallest absolute Gasteiger partial charge is 0.0765 e. The normalized spacial score (nSPS) is 14.5. The summed E-state index contributed by atoms with van der Waals surface area (Å²) in [5, 5.41) is 4.54. The van der Waals surface area contributed by atoms with Gasteiger partial charge in [-0.2, -0.15) is 0 Å². The zero-order chi connectivity index (χ0) is 13.7. The van der Waals surface area contributed by atoms with Crippen molar-refractivity contribution in [1.82, 2.24) is 10.3 Å². The van der Waals surface area contributed by atoms with Gasteiger partial charge in [0.25, 0.3) is 0 Å². The number of pyridine rings is 1. The number of nitrogens with zero attached hydrogens (tertiary/aromatic N) is 1. The van der Waals surface area contributed by atoms with Crippen molar-refractivity contribution >= 4 is 10.9 Å². The van der Waals surface area contributed by atoms with Crippen molar-refractivity contribution in [2.45, 2.75) is 31.9 Å². The third-order valence-corrected chi connectivity index (χ3v) is 3.55. The molecule has 0 saturated carbocycles. The van der Waals surface area contributed by atoms with E-state index in [0.29, 0.717) is 0 Å². The summed E-state index contributed by atoms with van der Waals surface area (Å²) in [7, 11) is 3.76. The predicted octanol–water partition coefficient (Wildman–Crippen LogP) is 3.31. The lowest BCUT2D eigenvalue weighted by atomic mass is 9.97. The van der Waals surface area contributed by atoms with E-state index < -0.39 is 0 Å². The Morgan fingerprint density at radius 3 is 2.84 bits per heavy atom. The molecule has 1 heterocycles. The number of likely N-dealkylation sites (N-methyl/N-ethyl adjacent to an activating group) is 1. The van der Waals surface area contributed by atoms with Crippen molar-refractivity contribution in [2.75, 3.05) is 14.2 Å². The topological polar surface area (TPSA) is 34.1 Å². The fourth-order valence-electron chi connectivity index (χ4n) is 2.55. The van der Waals surface area contributed by atoms with Gasteiger partial charge >= 0.3 is 0 Å². The van der Waals surface area contributed by atoms with E-state index in [-0.39, 0.29) is 12.1 Å². The molecule has 19 heavy (non-hydrogen) atoms. The molecule has 2 unspecified atom stereocenters. The summed E-state index contributed by atoms with van der Waals surface area (Å²) < 4.78 is 5.63. The van der Waals surface area contributed by atoms with E-state index in [1.165, 1.54) is 10.9 Å². The molecule has 3 nitrogen and oxygen atoms in total. The number of methoxy groups -OCH3 is 1. The van der Waals surface area contributed by atoms with Crippen LogP contribution < -0.4 is 5.32 Å². The van der Waals surface area contributed by atoms with Crippen LogP contribution in [-0.4, -0.2) is 25.2 Å². The number of hydrogen-bond donors (Lipinski definition) is 1. The summed E-state index contributed by atoms with van der Waals surface area (Å²) >= 11 is 0. The average molecular weight is 258 g/mol. The summed E-state index contributed by atoms with van der Waals surface area (Å²) in [6.45, 7) is 2.18. The van der Waals surface area contributed by atoms with Gasteiger partial charge in [-0.1, -0.05) is 31.5 Å². The number of benzene rings is 1. The highest BCUT2D eigenvalue weighted by atomic mass is 16.5. The minimum absolute atomic E-state index is 0.191. The van der Waals surface area contributed by atoms with Gasteiger partial charge in [0.1, 0.15) is 0 Å². The number of nitrogens with one attached hydrogen (secondary N) is 1. The highest BCUT2D eigenvalue weighted by molar-refractivity contribution is 5.79. The molecule has 0 fully saturated rings. The van der Waals surface area contributed by atoms with Crippen LogP contribution in [0, 0.1) is 0 Å². The van der Waals surface area contributed by atoms with Crippen LogP contribution in [0.4, 0.5) is 0 Å². The molecule has 0 bridgehead atoms. The summed E-state index contributed by atoms with van der Waals surface area (Å²) in [6, 6.07) is 10.7. The zero-order valence-corrected chi connectivity index (χ0v) is 11.9. The SMILES string of the molecule is CCCC(OC)C(NC)c1ccc2cccnc2c1. The molecule has 0 aliphatic carbocycles. The number of hydrogen-bond acceptors (Lipinski definition) is 3. The van der Waals surface area contributed by atoms with E-state index in [0.717, 1.165) is 18.4 Å². The van der Waals surface area contributed by atoms with Crippen LogP contribution in [0.15, 0.2) is 36.5 Å². The molecule has 102 valence electrons. The van der Waals surface area contributed by atoms with E-state index in [1.807, 2.05) is 19.3 Å². The highest BCUT2D eigenvalue weighted by Gasteiger charge is 2.20. The third kappa shape index (κ3) is 3.11. The fraction of sp³-hybridized carbons (Fsp3) is 0.438. The predicted molar refractivity (Wildman–Crippen MR) is 79.2 cm³/mol. The molecule has 2 rings (SSSR count). The van der Waals surface area contributed by atoms with Crippen LogP contribution >= 0.6 is 0 Å². The minimum atomic E-state index is 0.191. The van der Waals surface area contributed by atoms with E-state index >= 15 is 0 Å². The van der Waals surface area contributed by atoms with Gasteiger partial charge in [0.15, 0.2) is 0 Å².